The van der Waals surface area contributed by atoms with Gasteiger partial charge in [0.15, 0.2) is 11.5 Å². The third kappa shape index (κ3) is 4.85. The van der Waals surface area contributed by atoms with Gasteiger partial charge in [-0.3, -0.25) is 14.6 Å². The molecule has 0 bridgehead atoms. The molecule has 1 aromatic carbocycles. The van der Waals surface area contributed by atoms with Crippen LogP contribution < -0.4 is 14.8 Å². The van der Waals surface area contributed by atoms with Crippen molar-refractivity contribution in [3.8, 4) is 11.5 Å². The van der Waals surface area contributed by atoms with Gasteiger partial charge in [-0.2, -0.15) is 11.3 Å². The molecule has 8 heteroatoms. The van der Waals surface area contributed by atoms with Crippen LogP contribution in [0.25, 0.3) is 0 Å². The summed E-state index contributed by atoms with van der Waals surface area (Å²) in [6.45, 7) is 3.42. The molecule has 1 aliphatic heterocycles. The van der Waals surface area contributed by atoms with Crippen LogP contribution in [-0.2, 0) is 30.7 Å². The Bertz CT molecular complexity index is 1160. The van der Waals surface area contributed by atoms with Crippen molar-refractivity contribution >= 4 is 23.2 Å². The molecule has 2 amide bonds. The van der Waals surface area contributed by atoms with Crippen molar-refractivity contribution in [2.24, 2.45) is 0 Å². The van der Waals surface area contributed by atoms with Crippen molar-refractivity contribution in [2.75, 3.05) is 20.8 Å². The molecule has 0 fully saturated rings. The summed E-state index contributed by atoms with van der Waals surface area (Å²) >= 11 is 1.59. The number of carbonyl (C=O) groups is 2. The van der Waals surface area contributed by atoms with Gasteiger partial charge in [0.25, 0.3) is 5.91 Å². The van der Waals surface area contributed by atoms with E-state index in [0.29, 0.717) is 49.5 Å². The fraction of sp³-hybridized carbons (Fsp3) is 0.320. The van der Waals surface area contributed by atoms with Gasteiger partial charge in [-0.25, -0.2) is 0 Å². The van der Waals surface area contributed by atoms with Gasteiger partial charge in [0, 0.05) is 31.5 Å². The van der Waals surface area contributed by atoms with Crippen LogP contribution in [0.3, 0.4) is 0 Å². The van der Waals surface area contributed by atoms with Crippen LogP contribution in [0.5, 0.6) is 11.5 Å². The molecule has 0 unspecified atom stereocenters. The number of thiophene rings is 1. The number of para-hydroxylation sites is 1. The van der Waals surface area contributed by atoms with Gasteiger partial charge in [0.1, 0.15) is 0 Å². The molecule has 172 valence electrons. The molecular weight excluding hydrogens is 438 g/mol. The Morgan fingerprint density at radius 1 is 1.21 bits per heavy atom. The lowest BCUT2D eigenvalue weighted by Gasteiger charge is -2.31. The number of hydrogen-bond acceptors (Lipinski definition) is 6. The van der Waals surface area contributed by atoms with Gasteiger partial charge in [-0.15, -0.1) is 0 Å². The van der Waals surface area contributed by atoms with E-state index in [4.69, 9.17) is 9.47 Å². The lowest BCUT2D eigenvalue weighted by Crippen LogP contribution is -2.37. The average Bonchev–Trinajstić information content (AvgIpc) is 3.35. The lowest BCUT2D eigenvalue weighted by molar-refractivity contribution is -0.120. The number of amides is 2. The first-order chi connectivity index (χ1) is 16.0. The Labute approximate surface area is 197 Å². The first kappa shape index (κ1) is 22.8. The second-order valence-electron chi connectivity index (χ2n) is 7.93. The predicted molar refractivity (Wildman–Crippen MR) is 127 cm³/mol. The predicted octanol–water partition coefficient (Wildman–Crippen LogP) is 3.53. The van der Waals surface area contributed by atoms with E-state index in [9.17, 15) is 9.59 Å². The monoisotopic (exact) mass is 465 g/mol. The van der Waals surface area contributed by atoms with Gasteiger partial charge in [0.2, 0.25) is 5.91 Å². The molecule has 3 heterocycles. The topological polar surface area (TPSA) is 80.8 Å². The standard InChI is InChI=1S/C25H27N3O4S/c1-16-21(13-27-23(29)11-17-8-10-33-15-17)19-7-9-28(14-18(19)12-26-16)25(30)20-5-4-6-22(31-2)24(20)32-3/h4-6,8,10,12,15H,7,9,11,13-14H2,1-3H3,(H,27,29). The highest BCUT2D eigenvalue weighted by atomic mass is 32.1. The molecule has 0 atom stereocenters. The van der Waals surface area contributed by atoms with E-state index in [1.165, 1.54) is 12.7 Å². The van der Waals surface area contributed by atoms with Gasteiger partial charge in [-0.05, 0) is 64.6 Å². The largest absolute Gasteiger partial charge is 0.493 e. The summed E-state index contributed by atoms with van der Waals surface area (Å²) in [5.74, 6) is 0.844. The van der Waals surface area contributed by atoms with Crippen LogP contribution in [0.1, 0.15) is 38.3 Å². The quantitative estimate of drug-likeness (QED) is 0.577. The second-order valence-corrected chi connectivity index (χ2v) is 8.71. The zero-order valence-corrected chi connectivity index (χ0v) is 19.8. The number of benzene rings is 1. The number of aromatic nitrogens is 1. The molecule has 4 rings (SSSR count). The Kier molecular flexibility index (Phi) is 6.93. The first-order valence-corrected chi connectivity index (χ1v) is 11.7. The van der Waals surface area contributed by atoms with Crippen LogP contribution in [-0.4, -0.2) is 42.5 Å². The van der Waals surface area contributed by atoms with E-state index in [1.54, 1.807) is 41.5 Å². The molecule has 0 saturated heterocycles. The highest BCUT2D eigenvalue weighted by molar-refractivity contribution is 7.08. The van der Waals surface area contributed by atoms with Gasteiger partial charge < -0.3 is 19.7 Å². The van der Waals surface area contributed by atoms with Crippen LogP contribution in [0.15, 0.2) is 41.2 Å². The van der Waals surface area contributed by atoms with E-state index in [0.717, 1.165) is 22.4 Å². The normalized spacial score (nSPS) is 12.8. The summed E-state index contributed by atoms with van der Waals surface area (Å²) in [4.78, 5) is 32.0. The Morgan fingerprint density at radius 3 is 2.79 bits per heavy atom. The maximum absolute atomic E-state index is 13.3. The number of aryl methyl sites for hydroxylation is 1. The number of nitrogens with zero attached hydrogens (tertiary/aromatic N) is 2. The van der Waals surface area contributed by atoms with Crippen LogP contribution >= 0.6 is 11.3 Å². The number of rotatable bonds is 7. The SMILES string of the molecule is COc1cccc(C(=O)N2CCc3c(cnc(C)c3CNC(=O)Cc3ccsc3)C2)c1OC. The number of fused-ring (bicyclic) bond motifs is 1. The lowest BCUT2D eigenvalue weighted by atomic mass is 9.94. The molecule has 33 heavy (non-hydrogen) atoms. The van der Waals surface area contributed by atoms with Crippen LogP contribution in [0, 0.1) is 6.92 Å². The minimum atomic E-state index is -0.109. The van der Waals surface area contributed by atoms with E-state index < -0.39 is 0 Å². The second kappa shape index (κ2) is 10.0. The van der Waals surface area contributed by atoms with E-state index in [1.807, 2.05) is 29.9 Å². The number of hydrogen-bond donors (Lipinski definition) is 1. The highest BCUT2D eigenvalue weighted by Gasteiger charge is 2.27. The minimum Gasteiger partial charge on any atom is -0.493 e. The fourth-order valence-electron chi connectivity index (χ4n) is 4.18. The van der Waals surface area contributed by atoms with Gasteiger partial charge in [-0.1, -0.05) is 6.07 Å². The van der Waals surface area contributed by atoms with Gasteiger partial charge >= 0.3 is 0 Å². The molecule has 3 aromatic rings. The molecule has 0 radical (unpaired) electrons. The molecule has 0 aliphatic carbocycles. The molecule has 0 saturated carbocycles. The molecule has 1 N–H and O–H groups in total. The summed E-state index contributed by atoms with van der Waals surface area (Å²) in [7, 11) is 3.09. The third-order valence-corrected chi connectivity index (χ3v) is 6.66. The van der Waals surface area contributed by atoms with E-state index >= 15 is 0 Å². The molecular formula is C25H27N3O4S. The van der Waals surface area contributed by atoms with Crippen LogP contribution in [0.4, 0.5) is 0 Å². The first-order valence-electron chi connectivity index (χ1n) is 10.8. The minimum absolute atomic E-state index is 0.0110. The third-order valence-electron chi connectivity index (χ3n) is 5.92. The molecule has 0 spiro atoms. The zero-order valence-electron chi connectivity index (χ0n) is 19.0. The van der Waals surface area contributed by atoms with Crippen molar-refractivity contribution in [1.82, 2.24) is 15.2 Å². The summed E-state index contributed by atoms with van der Waals surface area (Å²) in [6, 6.07) is 7.27. The van der Waals surface area contributed by atoms with Crippen molar-refractivity contribution in [3.63, 3.8) is 0 Å². The maximum atomic E-state index is 13.3. The van der Waals surface area contributed by atoms with E-state index in [-0.39, 0.29) is 11.8 Å². The van der Waals surface area contributed by atoms with Gasteiger partial charge in [0.05, 0.1) is 26.2 Å². The Morgan fingerprint density at radius 2 is 2.06 bits per heavy atom. The molecule has 1 aliphatic rings. The summed E-state index contributed by atoms with van der Waals surface area (Å²) < 4.78 is 10.8. The smallest absolute Gasteiger partial charge is 0.258 e. The number of methoxy groups -OCH3 is 2. The van der Waals surface area contributed by atoms with Crippen molar-refractivity contribution < 1.29 is 19.1 Å². The van der Waals surface area contributed by atoms with E-state index in [2.05, 4.69) is 10.3 Å². The number of ether oxygens (including phenoxy) is 2. The van der Waals surface area contributed by atoms with Crippen molar-refractivity contribution in [2.45, 2.75) is 32.9 Å². The Balaban J connectivity index is 1.50. The van der Waals surface area contributed by atoms with Crippen LogP contribution in [0.2, 0.25) is 0 Å². The summed E-state index contributed by atoms with van der Waals surface area (Å²) in [5.41, 5.74) is 5.60. The summed E-state index contributed by atoms with van der Waals surface area (Å²) in [6.07, 6.45) is 2.91. The summed E-state index contributed by atoms with van der Waals surface area (Å²) in [5, 5.41) is 6.99. The van der Waals surface area contributed by atoms with Crippen molar-refractivity contribution in [1.29, 1.82) is 0 Å². The Hall–Kier alpha value is -3.39. The molecule has 2 aromatic heterocycles. The number of pyridine rings is 1. The maximum Gasteiger partial charge on any atom is 0.258 e. The zero-order chi connectivity index (χ0) is 23.4. The molecule has 7 nitrogen and oxygen atoms in total. The van der Waals surface area contributed by atoms with Crippen molar-refractivity contribution in [3.05, 3.63) is 74.7 Å². The number of nitrogens with one attached hydrogen (secondary N) is 1. The average molecular weight is 466 g/mol. The highest BCUT2D eigenvalue weighted by Crippen LogP contribution is 2.33. The fourth-order valence-corrected chi connectivity index (χ4v) is 4.85. The number of carbonyl (C=O) groups excluding carboxylic acids is 2.